The summed E-state index contributed by atoms with van der Waals surface area (Å²) in [5.41, 5.74) is 0. The van der Waals surface area contributed by atoms with E-state index in [1.807, 2.05) is 13.8 Å². The van der Waals surface area contributed by atoms with E-state index in [1.165, 1.54) is 7.11 Å². The summed E-state index contributed by atoms with van der Waals surface area (Å²) >= 11 is 0. The Morgan fingerprint density at radius 1 is 1.58 bits per heavy atom. The van der Waals surface area contributed by atoms with Gasteiger partial charge < -0.3 is 9.47 Å². The molecule has 0 aromatic rings. The first-order valence-electron chi connectivity index (χ1n) is 4.12. The lowest BCUT2D eigenvalue weighted by Crippen LogP contribution is -2.54. The average Bonchev–Trinajstić information content (AvgIpc) is 2.03. The minimum absolute atomic E-state index is 0.110. The summed E-state index contributed by atoms with van der Waals surface area (Å²) in [6.45, 7) is 4.53. The molecule has 1 fully saturated rings. The number of hydrogen-bond acceptors (Lipinski definition) is 4. The molecule has 1 N–H and O–H groups in total. The highest BCUT2D eigenvalue weighted by atomic mass is 16.5. The highest BCUT2D eigenvalue weighted by Gasteiger charge is 2.31. The number of esters is 1. The van der Waals surface area contributed by atoms with Gasteiger partial charge in [0.05, 0.1) is 19.3 Å². The number of hydrogen-bond donors (Lipinski definition) is 1. The number of nitrogens with one attached hydrogen (secondary N) is 1. The molecule has 1 heterocycles. The zero-order valence-corrected chi connectivity index (χ0v) is 7.66. The molecule has 0 aromatic heterocycles. The summed E-state index contributed by atoms with van der Waals surface area (Å²) in [5.74, 6) is -0.255. The molecular formula is C8H15NO3. The van der Waals surface area contributed by atoms with Crippen LogP contribution in [0.1, 0.15) is 13.8 Å². The van der Waals surface area contributed by atoms with Crippen molar-refractivity contribution < 1.29 is 14.3 Å². The maximum atomic E-state index is 11.1. The molecule has 12 heavy (non-hydrogen) atoms. The second-order valence-electron chi connectivity index (χ2n) is 3.06. The Morgan fingerprint density at radius 2 is 2.25 bits per heavy atom. The third kappa shape index (κ3) is 1.95. The van der Waals surface area contributed by atoms with Crippen LogP contribution in [0.25, 0.3) is 0 Å². The molecule has 4 heteroatoms. The van der Waals surface area contributed by atoms with Crippen LogP contribution >= 0.6 is 0 Å². The Balaban J connectivity index is 2.50. The van der Waals surface area contributed by atoms with Gasteiger partial charge in [-0.3, -0.25) is 10.1 Å². The van der Waals surface area contributed by atoms with Crippen molar-refractivity contribution >= 4 is 5.97 Å². The van der Waals surface area contributed by atoms with E-state index < -0.39 is 0 Å². The van der Waals surface area contributed by atoms with Crippen LogP contribution in [-0.2, 0) is 14.3 Å². The van der Waals surface area contributed by atoms with E-state index in [4.69, 9.17) is 4.74 Å². The van der Waals surface area contributed by atoms with Gasteiger partial charge in [0.1, 0.15) is 6.04 Å². The standard InChI is InChI=1S/C8H15NO3/c1-5-4-9-7(6(2)12-5)8(10)11-3/h5-7,9H,4H2,1-3H3. The molecule has 3 atom stereocenters. The van der Waals surface area contributed by atoms with Crippen molar-refractivity contribution in [2.24, 2.45) is 0 Å². The highest BCUT2D eigenvalue weighted by Crippen LogP contribution is 2.09. The predicted octanol–water partition coefficient (Wildman–Crippen LogP) is -0.0752. The van der Waals surface area contributed by atoms with Crippen LogP contribution in [0.5, 0.6) is 0 Å². The molecule has 1 saturated heterocycles. The smallest absolute Gasteiger partial charge is 0.325 e. The third-order valence-electron chi connectivity index (χ3n) is 2.00. The van der Waals surface area contributed by atoms with Gasteiger partial charge in [0.15, 0.2) is 0 Å². The van der Waals surface area contributed by atoms with Gasteiger partial charge in [-0.2, -0.15) is 0 Å². The van der Waals surface area contributed by atoms with Crippen LogP contribution < -0.4 is 5.32 Å². The van der Waals surface area contributed by atoms with Gasteiger partial charge in [-0.1, -0.05) is 0 Å². The molecular weight excluding hydrogens is 158 g/mol. The number of methoxy groups -OCH3 is 1. The van der Waals surface area contributed by atoms with Crippen LogP contribution in [0.2, 0.25) is 0 Å². The van der Waals surface area contributed by atoms with E-state index in [0.717, 1.165) is 0 Å². The molecule has 70 valence electrons. The number of carbonyl (C=O) groups excluding carboxylic acids is 1. The molecule has 0 radical (unpaired) electrons. The first-order chi connectivity index (χ1) is 5.65. The van der Waals surface area contributed by atoms with Crippen LogP contribution in [0.3, 0.4) is 0 Å². The maximum absolute atomic E-state index is 11.1. The Labute approximate surface area is 72.2 Å². The topological polar surface area (TPSA) is 47.6 Å². The minimum Gasteiger partial charge on any atom is -0.468 e. The molecule has 0 aromatic carbocycles. The normalized spacial score (nSPS) is 36.1. The number of morpholine rings is 1. The highest BCUT2D eigenvalue weighted by molar-refractivity contribution is 5.76. The molecule has 1 aliphatic rings. The van der Waals surface area contributed by atoms with Crippen molar-refractivity contribution in [1.29, 1.82) is 0 Å². The Hall–Kier alpha value is -0.610. The molecule has 0 amide bonds. The second kappa shape index (κ2) is 3.87. The third-order valence-corrected chi connectivity index (χ3v) is 2.00. The first kappa shape index (κ1) is 9.48. The zero-order chi connectivity index (χ0) is 9.14. The minimum atomic E-state index is -0.314. The van der Waals surface area contributed by atoms with Crippen molar-refractivity contribution in [2.45, 2.75) is 32.1 Å². The van der Waals surface area contributed by atoms with Gasteiger partial charge in [-0.25, -0.2) is 0 Å². The fourth-order valence-corrected chi connectivity index (χ4v) is 1.35. The summed E-state index contributed by atoms with van der Waals surface area (Å²) in [5, 5.41) is 3.07. The largest absolute Gasteiger partial charge is 0.468 e. The van der Waals surface area contributed by atoms with Crippen LogP contribution in [-0.4, -0.2) is 37.9 Å². The lowest BCUT2D eigenvalue weighted by Gasteiger charge is -2.32. The van der Waals surface area contributed by atoms with Crippen molar-refractivity contribution in [3.63, 3.8) is 0 Å². The van der Waals surface area contributed by atoms with E-state index >= 15 is 0 Å². The van der Waals surface area contributed by atoms with Crippen molar-refractivity contribution in [3.05, 3.63) is 0 Å². The van der Waals surface area contributed by atoms with E-state index in [1.54, 1.807) is 0 Å². The van der Waals surface area contributed by atoms with Gasteiger partial charge in [-0.15, -0.1) is 0 Å². The molecule has 0 saturated carbocycles. The molecule has 0 spiro atoms. The van der Waals surface area contributed by atoms with Gasteiger partial charge in [0.25, 0.3) is 0 Å². The number of rotatable bonds is 1. The summed E-state index contributed by atoms with van der Waals surface area (Å²) in [4.78, 5) is 11.1. The summed E-state index contributed by atoms with van der Waals surface area (Å²) in [6, 6.07) is -0.314. The number of carbonyl (C=O) groups is 1. The second-order valence-corrected chi connectivity index (χ2v) is 3.06. The summed E-state index contributed by atoms with van der Waals surface area (Å²) < 4.78 is 10.1. The van der Waals surface area contributed by atoms with Gasteiger partial charge in [0.2, 0.25) is 0 Å². The van der Waals surface area contributed by atoms with E-state index in [2.05, 4.69) is 10.1 Å². The summed E-state index contributed by atoms with van der Waals surface area (Å²) in [7, 11) is 1.38. The molecule has 4 nitrogen and oxygen atoms in total. The van der Waals surface area contributed by atoms with E-state index in [9.17, 15) is 4.79 Å². The molecule has 0 aliphatic carbocycles. The first-order valence-corrected chi connectivity index (χ1v) is 4.12. The monoisotopic (exact) mass is 173 g/mol. The predicted molar refractivity (Wildman–Crippen MR) is 43.8 cm³/mol. The molecule has 0 bridgehead atoms. The lowest BCUT2D eigenvalue weighted by atomic mass is 10.1. The average molecular weight is 173 g/mol. The number of ether oxygens (including phenoxy) is 2. The SMILES string of the molecule is COC(=O)C1NCC(C)OC1C. The Kier molecular flexibility index (Phi) is 3.05. The van der Waals surface area contributed by atoms with Gasteiger partial charge in [-0.05, 0) is 13.8 Å². The molecule has 3 unspecified atom stereocenters. The van der Waals surface area contributed by atoms with Crippen molar-refractivity contribution in [3.8, 4) is 0 Å². The molecule has 1 aliphatic heterocycles. The van der Waals surface area contributed by atoms with Gasteiger partial charge >= 0.3 is 5.97 Å². The fraction of sp³-hybridized carbons (Fsp3) is 0.875. The van der Waals surface area contributed by atoms with Crippen molar-refractivity contribution in [1.82, 2.24) is 5.32 Å². The van der Waals surface area contributed by atoms with E-state index in [-0.39, 0.29) is 24.2 Å². The fourth-order valence-electron chi connectivity index (χ4n) is 1.35. The van der Waals surface area contributed by atoms with Crippen molar-refractivity contribution in [2.75, 3.05) is 13.7 Å². The van der Waals surface area contributed by atoms with Crippen LogP contribution in [0.4, 0.5) is 0 Å². The van der Waals surface area contributed by atoms with Crippen LogP contribution in [0, 0.1) is 0 Å². The lowest BCUT2D eigenvalue weighted by molar-refractivity contribution is -0.151. The Bertz CT molecular complexity index is 172. The maximum Gasteiger partial charge on any atom is 0.325 e. The summed E-state index contributed by atoms with van der Waals surface area (Å²) in [6.07, 6.45) is 0.0575. The van der Waals surface area contributed by atoms with E-state index in [0.29, 0.717) is 6.54 Å². The Morgan fingerprint density at radius 3 is 2.75 bits per heavy atom. The quantitative estimate of drug-likeness (QED) is 0.564. The zero-order valence-electron chi connectivity index (χ0n) is 7.66. The van der Waals surface area contributed by atoms with Crippen LogP contribution in [0.15, 0.2) is 0 Å². The van der Waals surface area contributed by atoms with Gasteiger partial charge in [0, 0.05) is 6.54 Å². The molecule has 1 rings (SSSR count).